The Morgan fingerprint density at radius 2 is 1.09 bits per heavy atom. The molecule has 0 aliphatic rings. The molecule has 0 aromatic carbocycles. The Kier molecular flexibility index (Phi) is 19.9. The number of halogens is 2. The van der Waals surface area contributed by atoms with Crippen LogP contribution in [-0.4, -0.2) is 91.2 Å². The van der Waals surface area contributed by atoms with E-state index < -0.39 is 88.0 Å². The third kappa shape index (κ3) is 15.2. The van der Waals surface area contributed by atoms with Crippen LogP contribution in [0.2, 0.25) is 0 Å². The molecule has 0 spiro atoms. The first-order valence-corrected chi connectivity index (χ1v) is 23.0. The summed E-state index contributed by atoms with van der Waals surface area (Å²) in [5, 5.41) is 1.58. The van der Waals surface area contributed by atoms with Crippen LogP contribution < -0.4 is 0 Å². The number of sulfone groups is 4. The van der Waals surface area contributed by atoms with Gasteiger partial charge in [0.05, 0.1) is 42.3 Å². The number of carbonyl (C=O) groups is 2. The third-order valence-corrected chi connectivity index (χ3v) is 18.2. The van der Waals surface area contributed by atoms with Crippen molar-refractivity contribution in [2.24, 2.45) is 22.7 Å². The minimum absolute atomic E-state index is 0.00934. The van der Waals surface area contributed by atoms with Gasteiger partial charge >= 0.3 is 11.9 Å². The summed E-state index contributed by atoms with van der Waals surface area (Å²) < 4.78 is 104. The molecule has 12 nitrogen and oxygen atoms in total. The number of esters is 2. The van der Waals surface area contributed by atoms with Gasteiger partial charge in [0.2, 0.25) is 0 Å². The minimum atomic E-state index is -3.64. The second-order valence-electron chi connectivity index (χ2n) is 11.8. The number of ether oxygens (including phenoxy) is 2. The van der Waals surface area contributed by atoms with Crippen LogP contribution in [-0.2, 0) is 58.4 Å². The molecule has 0 aliphatic carbocycles. The lowest BCUT2D eigenvalue weighted by Gasteiger charge is -2.32. The zero-order chi connectivity index (χ0) is 36.9. The average Bonchev–Trinajstić information content (AvgIpc) is 2.95. The molecule has 4 unspecified atom stereocenters. The Balaban J connectivity index is 0. The number of methoxy groups -OCH3 is 2. The number of alkyl halides is 2. The van der Waals surface area contributed by atoms with Gasteiger partial charge in [0.15, 0.2) is 39.3 Å². The van der Waals surface area contributed by atoms with Gasteiger partial charge in [-0.05, 0) is 65.2 Å². The summed E-state index contributed by atoms with van der Waals surface area (Å²) in [6.07, 6.45) is 0.889. The summed E-state index contributed by atoms with van der Waals surface area (Å²) >= 11 is 6.20. The van der Waals surface area contributed by atoms with Crippen molar-refractivity contribution in [3.63, 3.8) is 0 Å². The van der Waals surface area contributed by atoms with Crippen molar-refractivity contribution in [3.05, 3.63) is 24.0 Å². The molecule has 0 saturated carbocycles. The molecule has 0 heterocycles. The average molecular weight is 867 g/mol. The first kappa shape index (κ1) is 47.3. The lowest BCUT2D eigenvalue weighted by molar-refractivity contribution is -0.154. The summed E-state index contributed by atoms with van der Waals surface area (Å²) in [6.45, 7) is 16.2. The fourth-order valence-electron chi connectivity index (χ4n) is 4.30. The van der Waals surface area contributed by atoms with Gasteiger partial charge in [0, 0.05) is 16.6 Å². The lowest BCUT2D eigenvalue weighted by Crippen LogP contribution is -2.40. The molecule has 18 heteroatoms. The predicted octanol–water partition coefficient (Wildman–Crippen LogP) is 4.59. The van der Waals surface area contributed by atoms with Crippen molar-refractivity contribution in [3.8, 4) is 0 Å². The molecular weight excluding hydrogens is 816 g/mol. The Morgan fingerprint density at radius 1 is 0.696 bits per heavy atom. The van der Waals surface area contributed by atoms with E-state index in [1.165, 1.54) is 28.1 Å². The van der Waals surface area contributed by atoms with Crippen molar-refractivity contribution >= 4 is 83.1 Å². The van der Waals surface area contributed by atoms with Gasteiger partial charge in [0.25, 0.3) is 0 Å². The van der Waals surface area contributed by atoms with Crippen LogP contribution in [0.5, 0.6) is 0 Å². The normalized spacial score (nSPS) is 15.7. The van der Waals surface area contributed by atoms with Crippen molar-refractivity contribution in [1.29, 1.82) is 0 Å². The second-order valence-corrected chi connectivity index (χ2v) is 23.9. The number of rotatable bonds is 20. The van der Waals surface area contributed by atoms with E-state index in [2.05, 4.69) is 45.0 Å². The monoisotopic (exact) mass is 864 g/mol. The zero-order valence-electron chi connectivity index (χ0n) is 27.8. The fraction of sp³-hybridized carbons (Fsp3) is 0.786. The zero-order valence-corrected chi connectivity index (χ0v) is 34.3. The fourth-order valence-corrected chi connectivity index (χ4v) is 11.5. The molecule has 0 fully saturated rings. The highest BCUT2D eigenvalue weighted by Crippen LogP contribution is 2.37. The SMILES string of the molecule is C=CS(=O)(=O)CC(CC(Br)S(=O)(=O)C=C)C(C)(C)C(=O)OC.CCCS(=O)(=O)CC(CC(Br)S(=O)(=O)CCC)C(C)(C)C(=O)OC. The summed E-state index contributed by atoms with van der Waals surface area (Å²) in [6, 6.07) is 0. The van der Waals surface area contributed by atoms with E-state index in [-0.39, 0.29) is 30.1 Å². The van der Waals surface area contributed by atoms with E-state index in [1.54, 1.807) is 27.7 Å². The highest BCUT2D eigenvalue weighted by atomic mass is 79.9. The highest BCUT2D eigenvalue weighted by Gasteiger charge is 2.43. The lowest BCUT2D eigenvalue weighted by atomic mass is 9.78. The second kappa shape index (κ2) is 19.4. The Labute approximate surface area is 293 Å². The van der Waals surface area contributed by atoms with Crippen molar-refractivity contribution in [2.75, 3.05) is 37.2 Å². The molecule has 272 valence electrons. The van der Waals surface area contributed by atoms with E-state index in [0.717, 1.165) is 10.8 Å². The molecule has 0 aromatic rings. The molecule has 0 radical (unpaired) electrons. The Morgan fingerprint density at radius 3 is 1.43 bits per heavy atom. The standard InChI is InChI=1S/C15H29BrO6S2.C13H21BrO6S2/c1-6-8-23(18,19)11-12(15(3,4)14(17)22-5)10-13(16)24(20,21)9-7-2;1-6-21(16,17)9-10(13(3,4)12(15)20-5)8-11(14)22(18,19)7-2/h12-13H,6-11H2,1-5H3;6-7,10-11H,1-2,8-9H2,3-5H3. The molecule has 0 aromatic heterocycles. The largest absolute Gasteiger partial charge is 0.469 e. The van der Waals surface area contributed by atoms with Gasteiger partial charge < -0.3 is 9.47 Å². The summed E-state index contributed by atoms with van der Waals surface area (Å²) in [5.41, 5.74) is -2.29. The molecule has 0 aliphatic heterocycles. The maximum atomic E-state index is 12.2. The van der Waals surface area contributed by atoms with Gasteiger partial charge in [-0.3, -0.25) is 9.59 Å². The molecule has 0 amide bonds. The topological polar surface area (TPSA) is 189 Å². The van der Waals surface area contributed by atoms with Crippen molar-refractivity contribution in [2.45, 2.75) is 75.5 Å². The van der Waals surface area contributed by atoms with Gasteiger partial charge in [-0.2, -0.15) is 0 Å². The van der Waals surface area contributed by atoms with E-state index >= 15 is 0 Å². The molecule has 4 atom stereocenters. The van der Waals surface area contributed by atoms with E-state index in [1.807, 2.05) is 0 Å². The van der Waals surface area contributed by atoms with E-state index in [0.29, 0.717) is 12.8 Å². The third-order valence-electron chi connectivity index (χ3n) is 7.53. The smallest absolute Gasteiger partial charge is 0.311 e. The maximum Gasteiger partial charge on any atom is 0.311 e. The molecule has 0 bridgehead atoms. The number of carbonyl (C=O) groups excluding carboxylic acids is 2. The Bertz CT molecular complexity index is 1470. The van der Waals surface area contributed by atoms with Gasteiger partial charge in [-0.1, -0.05) is 58.9 Å². The van der Waals surface area contributed by atoms with Gasteiger partial charge in [-0.25, -0.2) is 33.7 Å². The van der Waals surface area contributed by atoms with Crippen LogP contribution in [0.15, 0.2) is 24.0 Å². The van der Waals surface area contributed by atoms with Crippen LogP contribution in [0.4, 0.5) is 0 Å². The number of hydrogen-bond acceptors (Lipinski definition) is 12. The molecule has 0 N–H and O–H groups in total. The van der Waals surface area contributed by atoms with Crippen LogP contribution >= 0.6 is 31.9 Å². The first-order chi connectivity index (χ1) is 20.7. The van der Waals surface area contributed by atoms with Gasteiger partial charge in [-0.15, -0.1) is 0 Å². The summed E-state index contributed by atoms with van der Waals surface area (Å²) in [7, 11) is -11.6. The molecule has 0 rings (SSSR count). The minimum Gasteiger partial charge on any atom is -0.469 e. The van der Waals surface area contributed by atoms with E-state index in [9.17, 15) is 43.3 Å². The number of hydrogen-bond donors (Lipinski definition) is 0. The molecular formula is C28H50Br2O12S4. The summed E-state index contributed by atoms with van der Waals surface area (Å²) in [5.74, 6) is -3.26. The summed E-state index contributed by atoms with van der Waals surface area (Å²) in [4.78, 5) is 24.0. The maximum absolute atomic E-state index is 12.2. The van der Waals surface area contributed by atoms with Crippen molar-refractivity contribution < 1.29 is 52.7 Å². The van der Waals surface area contributed by atoms with Crippen LogP contribution in [0.25, 0.3) is 0 Å². The molecule has 46 heavy (non-hydrogen) atoms. The Hall–Kier alpha value is -0.820. The highest BCUT2D eigenvalue weighted by molar-refractivity contribution is 9.11. The van der Waals surface area contributed by atoms with Crippen molar-refractivity contribution in [1.82, 2.24) is 0 Å². The first-order valence-electron chi connectivity index (χ1n) is 14.3. The van der Waals surface area contributed by atoms with Crippen LogP contribution in [0.3, 0.4) is 0 Å². The van der Waals surface area contributed by atoms with Gasteiger partial charge in [0.1, 0.15) is 8.32 Å². The van der Waals surface area contributed by atoms with Crippen LogP contribution in [0, 0.1) is 22.7 Å². The van der Waals surface area contributed by atoms with E-state index in [4.69, 9.17) is 9.47 Å². The predicted molar refractivity (Wildman–Crippen MR) is 189 cm³/mol. The molecule has 0 saturated heterocycles. The quantitative estimate of drug-likeness (QED) is 0.123. The van der Waals surface area contributed by atoms with Crippen LogP contribution in [0.1, 0.15) is 67.2 Å².